The van der Waals surface area contributed by atoms with Gasteiger partial charge in [-0.3, -0.25) is 0 Å². The van der Waals surface area contributed by atoms with Gasteiger partial charge in [-0.15, -0.1) is 0 Å². The lowest BCUT2D eigenvalue weighted by atomic mass is 9.88. The van der Waals surface area contributed by atoms with Gasteiger partial charge < -0.3 is 4.74 Å². The van der Waals surface area contributed by atoms with Crippen LogP contribution in [0.4, 0.5) is 0 Å². The summed E-state index contributed by atoms with van der Waals surface area (Å²) in [5.74, 6) is 0.623. The molecule has 0 aromatic heterocycles. The van der Waals surface area contributed by atoms with Crippen LogP contribution in [0, 0.1) is 5.92 Å². The first-order valence-electron chi connectivity index (χ1n) is 6.22. The Morgan fingerprint density at radius 1 is 1.06 bits per heavy atom. The van der Waals surface area contributed by atoms with Crippen LogP contribution in [0.15, 0.2) is 29.3 Å². The summed E-state index contributed by atoms with van der Waals surface area (Å²) < 4.78 is 5.75. The SMILES string of the molecule is C1=c2ccccc2=NC(C2CCCCC2)O1. The molecule has 0 saturated heterocycles. The lowest BCUT2D eigenvalue weighted by Gasteiger charge is -2.27. The van der Waals surface area contributed by atoms with Crippen molar-refractivity contribution in [3.8, 4) is 0 Å². The Morgan fingerprint density at radius 3 is 2.75 bits per heavy atom. The number of para-hydroxylation sites is 1. The van der Waals surface area contributed by atoms with Crippen LogP contribution in [0.2, 0.25) is 0 Å². The molecule has 3 rings (SSSR count). The maximum Gasteiger partial charge on any atom is 0.192 e. The van der Waals surface area contributed by atoms with E-state index in [2.05, 4.69) is 12.1 Å². The van der Waals surface area contributed by atoms with Crippen LogP contribution in [0.3, 0.4) is 0 Å². The van der Waals surface area contributed by atoms with Gasteiger partial charge >= 0.3 is 0 Å². The van der Waals surface area contributed by atoms with Crippen molar-refractivity contribution in [3.63, 3.8) is 0 Å². The molecule has 1 fully saturated rings. The number of ether oxygens (including phenoxy) is 1. The van der Waals surface area contributed by atoms with Gasteiger partial charge in [-0.05, 0) is 25.0 Å². The minimum absolute atomic E-state index is 0.0650. The second-order valence-corrected chi connectivity index (χ2v) is 4.73. The first kappa shape index (κ1) is 9.88. The van der Waals surface area contributed by atoms with Gasteiger partial charge in [-0.1, -0.05) is 31.4 Å². The van der Waals surface area contributed by atoms with Crippen molar-refractivity contribution in [2.24, 2.45) is 10.9 Å². The van der Waals surface area contributed by atoms with Gasteiger partial charge in [-0.2, -0.15) is 0 Å². The Hall–Kier alpha value is -1.31. The minimum Gasteiger partial charge on any atom is -0.475 e. The van der Waals surface area contributed by atoms with Crippen LogP contribution in [0.5, 0.6) is 0 Å². The standard InChI is InChI=1S/C14H17NO/c1-2-6-11(7-3-1)14-15-13-9-5-4-8-12(13)10-16-14/h4-5,8-11,14H,1-3,6-7H2. The quantitative estimate of drug-likeness (QED) is 0.702. The molecule has 1 aliphatic carbocycles. The predicted molar refractivity (Wildman–Crippen MR) is 63.1 cm³/mol. The Labute approximate surface area is 95.7 Å². The average Bonchev–Trinajstić information content (AvgIpc) is 2.39. The molecule has 2 aliphatic rings. The highest BCUT2D eigenvalue weighted by molar-refractivity contribution is 5.18. The van der Waals surface area contributed by atoms with E-state index in [0.29, 0.717) is 5.92 Å². The first-order valence-corrected chi connectivity index (χ1v) is 6.22. The van der Waals surface area contributed by atoms with Gasteiger partial charge in [0.15, 0.2) is 6.23 Å². The Morgan fingerprint density at radius 2 is 1.88 bits per heavy atom. The second-order valence-electron chi connectivity index (χ2n) is 4.73. The topological polar surface area (TPSA) is 21.6 Å². The van der Waals surface area contributed by atoms with E-state index in [9.17, 15) is 0 Å². The van der Waals surface area contributed by atoms with Crippen molar-refractivity contribution in [2.75, 3.05) is 0 Å². The van der Waals surface area contributed by atoms with Crippen LogP contribution in [-0.4, -0.2) is 6.23 Å². The molecule has 1 heterocycles. The van der Waals surface area contributed by atoms with E-state index in [4.69, 9.17) is 9.73 Å². The largest absolute Gasteiger partial charge is 0.475 e. The molecular formula is C14H17NO. The molecule has 0 amide bonds. The van der Waals surface area contributed by atoms with Gasteiger partial charge in [0, 0.05) is 11.1 Å². The molecule has 2 heteroatoms. The van der Waals surface area contributed by atoms with Crippen molar-refractivity contribution >= 4 is 6.26 Å². The highest BCUT2D eigenvalue weighted by atomic mass is 16.5. The molecule has 16 heavy (non-hydrogen) atoms. The fourth-order valence-corrected chi connectivity index (χ4v) is 2.65. The summed E-state index contributed by atoms with van der Waals surface area (Å²) in [7, 11) is 0. The van der Waals surface area contributed by atoms with E-state index in [1.165, 1.54) is 32.1 Å². The molecular weight excluding hydrogens is 198 g/mol. The zero-order valence-corrected chi connectivity index (χ0v) is 9.43. The number of hydrogen-bond acceptors (Lipinski definition) is 2. The summed E-state index contributed by atoms with van der Waals surface area (Å²) in [6, 6.07) is 8.19. The van der Waals surface area contributed by atoms with Gasteiger partial charge in [0.1, 0.15) is 0 Å². The monoisotopic (exact) mass is 215 g/mol. The number of fused-ring (bicyclic) bond motifs is 1. The van der Waals surface area contributed by atoms with Crippen molar-refractivity contribution in [1.29, 1.82) is 0 Å². The van der Waals surface area contributed by atoms with Crippen LogP contribution in [0.1, 0.15) is 32.1 Å². The molecule has 2 nitrogen and oxygen atoms in total. The molecule has 0 bridgehead atoms. The molecule has 1 atom stereocenters. The zero-order valence-electron chi connectivity index (χ0n) is 9.43. The third-order valence-electron chi connectivity index (χ3n) is 3.59. The molecule has 0 radical (unpaired) electrons. The normalized spacial score (nSPS) is 24.9. The Balaban J connectivity index is 1.88. The molecule has 0 N–H and O–H groups in total. The molecule has 1 aliphatic heterocycles. The smallest absolute Gasteiger partial charge is 0.192 e. The fraction of sp³-hybridized carbons (Fsp3) is 0.500. The highest BCUT2D eigenvalue weighted by Gasteiger charge is 2.24. The Bertz CT molecular complexity index is 474. The van der Waals surface area contributed by atoms with Crippen LogP contribution in [0.25, 0.3) is 6.26 Å². The molecule has 1 aromatic carbocycles. The summed E-state index contributed by atoms with van der Waals surface area (Å²) in [6.07, 6.45) is 8.53. The predicted octanol–water partition coefficient (Wildman–Crippen LogP) is 1.98. The number of hydrogen-bond donors (Lipinski definition) is 0. The minimum atomic E-state index is 0.0650. The van der Waals surface area contributed by atoms with Crippen LogP contribution >= 0.6 is 0 Å². The highest BCUT2D eigenvalue weighted by Crippen LogP contribution is 2.28. The average molecular weight is 215 g/mol. The third-order valence-corrected chi connectivity index (χ3v) is 3.59. The van der Waals surface area contributed by atoms with E-state index < -0.39 is 0 Å². The zero-order chi connectivity index (χ0) is 10.8. The number of nitrogens with zero attached hydrogens (tertiary/aromatic N) is 1. The summed E-state index contributed by atoms with van der Waals surface area (Å²) in [5.41, 5.74) is 0. The van der Waals surface area contributed by atoms with E-state index >= 15 is 0 Å². The van der Waals surface area contributed by atoms with Gasteiger partial charge in [0.05, 0.1) is 11.6 Å². The van der Waals surface area contributed by atoms with Gasteiger partial charge in [-0.25, -0.2) is 4.99 Å². The molecule has 84 valence electrons. The van der Waals surface area contributed by atoms with Crippen molar-refractivity contribution in [1.82, 2.24) is 0 Å². The van der Waals surface area contributed by atoms with Crippen molar-refractivity contribution in [2.45, 2.75) is 38.3 Å². The first-order chi connectivity index (χ1) is 7.93. The van der Waals surface area contributed by atoms with Crippen LogP contribution < -0.4 is 10.6 Å². The van der Waals surface area contributed by atoms with Gasteiger partial charge in [0.25, 0.3) is 0 Å². The number of rotatable bonds is 1. The molecule has 1 saturated carbocycles. The van der Waals surface area contributed by atoms with E-state index in [-0.39, 0.29) is 6.23 Å². The summed E-state index contributed by atoms with van der Waals surface area (Å²) in [6.45, 7) is 0. The second kappa shape index (κ2) is 4.28. The number of benzene rings is 1. The maximum absolute atomic E-state index is 5.75. The van der Waals surface area contributed by atoms with E-state index in [0.717, 1.165) is 10.6 Å². The molecule has 1 unspecified atom stereocenters. The lowest BCUT2D eigenvalue weighted by molar-refractivity contribution is 0.0906. The molecule has 1 aromatic rings. The molecule has 0 spiro atoms. The fourth-order valence-electron chi connectivity index (χ4n) is 2.65. The Kier molecular flexibility index (Phi) is 2.65. The van der Waals surface area contributed by atoms with E-state index in [1.807, 2.05) is 18.4 Å². The summed E-state index contributed by atoms with van der Waals surface area (Å²) in [5, 5.41) is 2.19. The van der Waals surface area contributed by atoms with Crippen molar-refractivity contribution in [3.05, 3.63) is 34.8 Å². The van der Waals surface area contributed by atoms with Crippen molar-refractivity contribution < 1.29 is 4.74 Å². The maximum atomic E-state index is 5.75. The van der Waals surface area contributed by atoms with E-state index in [1.54, 1.807) is 0 Å². The lowest BCUT2D eigenvalue weighted by Crippen LogP contribution is -2.35. The van der Waals surface area contributed by atoms with Gasteiger partial charge in [0.2, 0.25) is 0 Å². The summed E-state index contributed by atoms with van der Waals surface area (Å²) in [4.78, 5) is 4.72. The van der Waals surface area contributed by atoms with Crippen LogP contribution in [-0.2, 0) is 4.74 Å². The summed E-state index contributed by atoms with van der Waals surface area (Å²) >= 11 is 0. The third kappa shape index (κ3) is 1.84.